The molecule has 1 aliphatic rings. The van der Waals surface area contributed by atoms with Crippen LogP contribution in [-0.4, -0.2) is 26.0 Å². The molecule has 2 aromatic rings. The Balaban J connectivity index is 1.75. The molecule has 1 N–H and O–H groups in total. The van der Waals surface area contributed by atoms with Crippen molar-refractivity contribution in [3.63, 3.8) is 0 Å². The number of fused-ring (bicyclic) bond motifs is 1. The van der Waals surface area contributed by atoms with E-state index in [1.165, 1.54) is 19.6 Å². The number of nitrogens with zero attached hydrogens (tertiary/aromatic N) is 1. The van der Waals surface area contributed by atoms with Gasteiger partial charge in [0.15, 0.2) is 17.3 Å². The van der Waals surface area contributed by atoms with Crippen LogP contribution in [-0.2, 0) is 0 Å². The predicted molar refractivity (Wildman–Crippen MR) is 72.9 cm³/mol. The van der Waals surface area contributed by atoms with E-state index in [1.54, 1.807) is 24.3 Å². The quantitative estimate of drug-likeness (QED) is 0.685. The zero-order valence-electron chi connectivity index (χ0n) is 11.2. The summed E-state index contributed by atoms with van der Waals surface area (Å²) in [5.41, 5.74) is 3.02. The van der Waals surface area contributed by atoms with Gasteiger partial charge in [-0.3, -0.25) is 4.79 Å². The van der Waals surface area contributed by atoms with E-state index < -0.39 is 5.91 Å². The van der Waals surface area contributed by atoms with E-state index in [9.17, 15) is 4.79 Å². The first kappa shape index (κ1) is 13.0. The molecular formula is C14H12N2O5. The molecule has 0 fully saturated rings. The van der Waals surface area contributed by atoms with Gasteiger partial charge < -0.3 is 18.6 Å². The average Bonchev–Trinajstić information content (AvgIpc) is 3.17. The zero-order valence-corrected chi connectivity index (χ0v) is 11.2. The summed E-state index contributed by atoms with van der Waals surface area (Å²) in [4.78, 5) is 11.6. The molecule has 0 spiro atoms. The molecule has 0 saturated heterocycles. The van der Waals surface area contributed by atoms with Gasteiger partial charge in [0.1, 0.15) is 5.75 Å². The molecule has 1 aliphatic heterocycles. The number of nitrogens with one attached hydrogen (secondary N) is 1. The minimum Gasteiger partial charge on any atom is -0.496 e. The Bertz CT molecular complexity index is 679. The third kappa shape index (κ3) is 2.66. The fourth-order valence-electron chi connectivity index (χ4n) is 1.84. The highest BCUT2D eigenvalue weighted by Crippen LogP contribution is 2.37. The second-order valence-corrected chi connectivity index (χ2v) is 4.12. The summed E-state index contributed by atoms with van der Waals surface area (Å²) in [5, 5.41) is 3.87. The fourth-order valence-corrected chi connectivity index (χ4v) is 1.84. The van der Waals surface area contributed by atoms with Crippen LogP contribution in [0.1, 0.15) is 16.1 Å². The molecule has 2 heterocycles. The van der Waals surface area contributed by atoms with Crippen molar-refractivity contribution in [1.82, 2.24) is 5.43 Å². The van der Waals surface area contributed by atoms with Crippen molar-refractivity contribution >= 4 is 12.1 Å². The van der Waals surface area contributed by atoms with Crippen LogP contribution in [0.15, 0.2) is 40.0 Å². The lowest BCUT2D eigenvalue weighted by Gasteiger charge is -2.05. The molecule has 3 rings (SSSR count). The van der Waals surface area contributed by atoms with Gasteiger partial charge in [-0.25, -0.2) is 5.43 Å². The van der Waals surface area contributed by atoms with Crippen molar-refractivity contribution in [1.29, 1.82) is 0 Å². The van der Waals surface area contributed by atoms with Gasteiger partial charge >= 0.3 is 5.91 Å². The van der Waals surface area contributed by atoms with Crippen LogP contribution in [0, 0.1) is 0 Å². The van der Waals surface area contributed by atoms with Crippen LogP contribution in [0.2, 0.25) is 0 Å². The molecule has 0 saturated carbocycles. The third-order valence-electron chi connectivity index (χ3n) is 2.84. The van der Waals surface area contributed by atoms with Gasteiger partial charge in [0.25, 0.3) is 0 Å². The second-order valence-electron chi connectivity index (χ2n) is 4.12. The Kier molecular flexibility index (Phi) is 3.46. The van der Waals surface area contributed by atoms with E-state index in [-0.39, 0.29) is 12.6 Å². The van der Waals surface area contributed by atoms with Crippen LogP contribution in [0.3, 0.4) is 0 Å². The zero-order chi connectivity index (χ0) is 14.7. The van der Waals surface area contributed by atoms with Crippen LogP contribution >= 0.6 is 0 Å². The number of hydrogen-bond acceptors (Lipinski definition) is 6. The normalized spacial score (nSPS) is 12.6. The largest absolute Gasteiger partial charge is 0.496 e. The van der Waals surface area contributed by atoms with Crippen LogP contribution < -0.4 is 19.6 Å². The molecule has 0 aliphatic carbocycles. The lowest BCUT2D eigenvalue weighted by molar-refractivity contribution is 0.0927. The number of methoxy groups -OCH3 is 1. The molecule has 7 heteroatoms. The number of carbonyl (C=O) groups excluding carboxylic acids is 1. The van der Waals surface area contributed by atoms with Gasteiger partial charge in [0.05, 0.1) is 19.6 Å². The lowest BCUT2D eigenvalue weighted by Crippen LogP contribution is -2.16. The van der Waals surface area contributed by atoms with Gasteiger partial charge in [0.2, 0.25) is 6.79 Å². The van der Waals surface area contributed by atoms with Crippen molar-refractivity contribution in [2.45, 2.75) is 0 Å². The Morgan fingerprint density at radius 3 is 2.90 bits per heavy atom. The molecule has 1 aromatic carbocycles. The van der Waals surface area contributed by atoms with Gasteiger partial charge in [-0.15, -0.1) is 0 Å². The third-order valence-corrected chi connectivity index (χ3v) is 2.84. The number of ether oxygens (including phenoxy) is 3. The molecule has 0 unspecified atom stereocenters. The summed E-state index contributed by atoms with van der Waals surface area (Å²) in [5.74, 6) is 1.54. The van der Waals surface area contributed by atoms with Crippen molar-refractivity contribution in [3.05, 3.63) is 41.9 Å². The summed E-state index contributed by atoms with van der Waals surface area (Å²) in [7, 11) is 1.54. The first-order valence-electron chi connectivity index (χ1n) is 6.12. The maximum atomic E-state index is 11.6. The van der Waals surface area contributed by atoms with Crippen molar-refractivity contribution in [2.75, 3.05) is 13.9 Å². The number of amides is 1. The van der Waals surface area contributed by atoms with Crippen molar-refractivity contribution in [2.24, 2.45) is 5.10 Å². The van der Waals surface area contributed by atoms with E-state index in [0.717, 1.165) is 0 Å². The molecule has 0 atom stereocenters. The molecular weight excluding hydrogens is 276 g/mol. The Morgan fingerprint density at radius 1 is 1.38 bits per heavy atom. The van der Waals surface area contributed by atoms with Gasteiger partial charge in [-0.05, 0) is 18.2 Å². The monoisotopic (exact) mass is 288 g/mol. The van der Waals surface area contributed by atoms with E-state index in [1.807, 2.05) is 0 Å². The average molecular weight is 288 g/mol. The molecule has 0 bridgehead atoms. The SMILES string of the molecule is COc1cc2c(cc1/C=N\NC(=O)c1ccco1)OCO2. The smallest absolute Gasteiger partial charge is 0.307 e. The number of hydrogen-bond donors (Lipinski definition) is 1. The Labute approximate surface area is 120 Å². The van der Waals surface area contributed by atoms with E-state index >= 15 is 0 Å². The molecule has 7 nitrogen and oxygen atoms in total. The molecule has 1 aromatic heterocycles. The Hall–Kier alpha value is -2.96. The van der Waals surface area contributed by atoms with Gasteiger partial charge in [-0.1, -0.05) is 0 Å². The molecule has 21 heavy (non-hydrogen) atoms. The fraction of sp³-hybridized carbons (Fsp3) is 0.143. The Morgan fingerprint density at radius 2 is 2.19 bits per heavy atom. The number of rotatable bonds is 4. The lowest BCUT2D eigenvalue weighted by atomic mass is 10.2. The minimum absolute atomic E-state index is 0.175. The van der Waals surface area contributed by atoms with E-state index in [4.69, 9.17) is 18.6 Å². The highest BCUT2D eigenvalue weighted by molar-refractivity contribution is 5.92. The molecule has 108 valence electrons. The summed E-state index contributed by atoms with van der Waals surface area (Å²) >= 11 is 0. The highest BCUT2D eigenvalue weighted by atomic mass is 16.7. The molecule has 0 radical (unpaired) electrons. The topological polar surface area (TPSA) is 82.3 Å². The van der Waals surface area contributed by atoms with Crippen LogP contribution in [0.5, 0.6) is 17.2 Å². The summed E-state index contributed by atoms with van der Waals surface area (Å²) < 4.78 is 20.7. The van der Waals surface area contributed by atoms with Gasteiger partial charge in [-0.2, -0.15) is 5.10 Å². The first-order chi connectivity index (χ1) is 10.3. The number of hydrazone groups is 1. The minimum atomic E-state index is -0.434. The van der Waals surface area contributed by atoms with Crippen molar-refractivity contribution in [3.8, 4) is 17.2 Å². The first-order valence-corrected chi connectivity index (χ1v) is 6.12. The summed E-state index contributed by atoms with van der Waals surface area (Å²) in [6, 6.07) is 6.60. The van der Waals surface area contributed by atoms with Gasteiger partial charge in [0, 0.05) is 11.6 Å². The maximum absolute atomic E-state index is 11.6. The summed E-state index contributed by atoms with van der Waals surface area (Å²) in [6.07, 6.45) is 2.88. The van der Waals surface area contributed by atoms with Crippen LogP contribution in [0.25, 0.3) is 0 Å². The predicted octanol–water partition coefficient (Wildman–Crippen LogP) is 1.78. The molecule has 1 amide bonds. The standard InChI is InChI=1S/C14H12N2O5/c1-18-11-6-13-12(20-8-21-13)5-9(11)7-15-16-14(17)10-3-2-4-19-10/h2-7H,8H2,1H3,(H,16,17)/b15-7-. The maximum Gasteiger partial charge on any atom is 0.307 e. The number of carbonyl (C=O) groups is 1. The van der Waals surface area contributed by atoms with E-state index in [2.05, 4.69) is 10.5 Å². The summed E-state index contributed by atoms with van der Waals surface area (Å²) in [6.45, 7) is 0.175. The number of furan rings is 1. The van der Waals surface area contributed by atoms with E-state index in [0.29, 0.717) is 22.8 Å². The number of benzene rings is 1. The second kappa shape index (κ2) is 5.58. The van der Waals surface area contributed by atoms with Crippen LogP contribution in [0.4, 0.5) is 0 Å². The highest BCUT2D eigenvalue weighted by Gasteiger charge is 2.17. The van der Waals surface area contributed by atoms with Crippen molar-refractivity contribution < 1.29 is 23.4 Å².